The standard InChI is InChI=1S/C20H25FN5O6P/c1-3-28-17-14-16(24-19(22)25-17)26(11-23-14)18-20(2,21)15-13(31-18)10-30-33(27,32-15)29-9-12-7-5-4-6-8-12/h4-8,11,13,15,18-19,24H,3,9-10,22H2,1-2H3/t13-,15-,18-,19?,20-,33+/m1/s1. The first-order valence-corrected chi connectivity index (χ1v) is 12.0. The number of alkyl halides is 1. The third-order valence-corrected chi connectivity index (χ3v) is 7.02. The van der Waals surface area contributed by atoms with Crippen molar-refractivity contribution in [2.45, 2.75) is 50.8 Å². The fourth-order valence-electron chi connectivity index (χ4n) is 4.08. The van der Waals surface area contributed by atoms with Gasteiger partial charge in [-0.3, -0.25) is 23.9 Å². The van der Waals surface area contributed by atoms with Crippen molar-refractivity contribution in [3.63, 3.8) is 0 Å². The molecule has 3 aliphatic heterocycles. The average Bonchev–Trinajstić information content (AvgIpc) is 3.31. The Morgan fingerprint density at radius 3 is 2.94 bits per heavy atom. The van der Waals surface area contributed by atoms with Crippen molar-refractivity contribution in [1.29, 1.82) is 0 Å². The van der Waals surface area contributed by atoms with Crippen molar-refractivity contribution in [3.8, 4) is 0 Å². The summed E-state index contributed by atoms with van der Waals surface area (Å²) in [6, 6.07) is 9.14. The Kier molecular flexibility index (Phi) is 5.76. The number of halogens is 1. The van der Waals surface area contributed by atoms with E-state index in [4.69, 9.17) is 28.8 Å². The second-order valence-electron chi connectivity index (χ2n) is 8.01. The van der Waals surface area contributed by atoms with Crippen LogP contribution < -0.4 is 11.1 Å². The Labute approximate surface area is 189 Å². The lowest BCUT2D eigenvalue weighted by atomic mass is 9.98. The van der Waals surface area contributed by atoms with E-state index >= 15 is 4.39 Å². The number of nitrogens with two attached hydrogens (primary N) is 1. The minimum atomic E-state index is -4.00. The number of benzene rings is 1. The van der Waals surface area contributed by atoms with Gasteiger partial charge in [0.2, 0.25) is 5.90 Å². The third-order valence-electron chi connectivity index (χ3n) is 5.62. The van der Waals surface area contributed by atoms with E-state index in [1.165, 1.54) is 17.8 Å². The summed E-state index contributed by atoms with van der Waals surface area (Å²) in [4.78, 5) is 8.48. The number of phosphoric ester groups is 1. The van der Waals surface area contributed by atoms with E-state index in [1.54, 1.807) is 0 Å². The Morgan fingerprint density at radius 2 is 2.18 bits per heavy atom. The van der Waals surface area contributed by atoms with Crippen molar-refractivity contribution in [2.75, 3.05) is 18.5 Å². The van der Waals surface area contributed by atoms with E-state index in [9.17, 15) is 4.57 Å². The molecule has 0 amide bonds. The summed E-state index contributed by atoms with van der Waals surface area (Å²) in [7, 11) is -4.00. The highest BCUT2D eigenvalue weighted by molar-refractivity contribution is 7.48. The molecule has 6 atom stereocenters. The van der Waals surface area contributed by atoms with E-state index in [-0.39, 0.29) is 19.1 Å². The highest BCUT2D eigenvalue weighted by Crippen LogP contribution is 2.60. The summed E-state index contributed by atoms with van der Waals surface area (Å²) < 4.78 is 58.5. The third kappa shape index (κ3) is 4.07. The van der Waals surface area contributed by atoms with Gasteiger partial charge in [0, 0.05) is 0 Å². The SMILES string of the molecule is CCOC1=NC(N)Nc2c1ncn2[C@@H]1O[C@@H]2CO[P@](=O)(OCc3ccccc3)O[C@H]2[C@@]1(C)F. The largest absolute Gasteiger partial charge is 0.476 e. The predicted octanol–water partition coefficient (Wildman–Crippen LogP) is 2.70. The van der Waals surface area contributed by atoms with Crippen LogP contribution in [0.4, 0.5) is 10.2 Å². The molecule has 2 saturated heterocycles. The van der Waals surface area contributed by atoms with Crippen LogP contribution >= 0.6 is 7.82 Å². The minimum Gasteiger partial charge on any atom is -0.476 e. The molecule has 3 aliphatic rings. The van der Waals surface area contributed by atoms with Gasteiger partial charge in [-0.1, -0.05) is 30.3 Å². The number of hydrogen-bond donors (Lipinski definition) is 2. The van der Waals surface area contributed by atoms with Crippen LogP contribution in [0.15, 0.2) is 41.7 Å². The van der Waals surface area contributed by atoms with Gasteiger partial charge in [-0.05, 0) is 19.4 Å². The number of imidazole rings is 1. The van der Waals surface area contributed by atoms with Gasteiger partial charge in [0.25, 0.3) is 0 Å². The summed E-state index contributed by atoms with van der Waals surface area (Å²) in [6.45, 7) is 3.35. The maximum atomic E-state index is 16.1. The molecule has 1 unspecified atom stereocenters. The molecule has 0 spiro atoms. The molecule has 2 fully saturated rings. The molecule has 0 bridgehead atoms. The van der Waals surface area contributed by atoms with E-state index < -0.39 is 38.2 Å². The molecule has 13 heteroatoms. The summed E-state index contributed by atoms with van der Waals surface area (Å²) in [5.41, 5.74) is 5.02. The molecule has 178 valence electrons. The molecule has 33 heavy (non-hydrogen) atoms. The summed E-state index contributed by atoms with van der Waals surface area (Å²) >= 11 is 0. The van der Waals surface area contributed by atoms with E-state index in [0.717, 1.165) is 5.56 Å². The lowest BCUT2D eigenvalue weighted by molar-refractivity contribution is -0.0718. The van der Waals surface area contributed by atoms with Crippen molar-refractivity contribution in [3.05, 3.63) is 47.9 Å². The van der Waals surface area contributed by atoms with Crippen molar-refractivity contribution in [2.24, 2.45) is 10.7 Å². The number of nitrogens with zero attached hydrogens (tertiary/aromatic N) is 3. The lowest BCUT2D eigenvalue weighted by Crippen LogP contribution is -2.45. The summed E-state index contributed by atoms with van der Waals surface area (Å²) in [6.07, 6.45) is -2.53. The number of aliphatic imine (C=N–C) groups is 1. The zero-order valence-corrected chi connectivity index (χ0v) is 19.0. The molecule has 0 radical (unpaired) electrons. The minimum absolute atomic E-state index is 0.000826. The second kappa shape index (κ2) is 8.46. The highest BCUT2D eigenvalue weighted by Gasteiger charge is 2.62. The summed E-state index contributed by atoms with van der Waals surface area (Å²) in [5, 5.41) is 2.96. The number of aromatic nitrogens is 2. The molecule has 4 heterocycles. The zero-order valence-electron chi connectivity index (χ0n) is 18.1. The number of nitrogens with one attached hydrogen (secondary N) is 1. The molecule has 2 aromatic rings. The van der Waals surface area contributed by atoms with Gasteiger partial charge in [0.05, 0.1) is 26.1 Å². The van der Waals surface area contributed by atoms with Crippen LogP contribution in [0.1, 0.15) is 31.3 Å². The first-order chi connectivity index (χ1) is 15.8. The number of fused-ring (bicyclic) bond motifs is 2. The molecule has 1 aromatic carbocycles. The van der Waals surface area contributed by atoms with E-state index in [0.29, 0.717) is 18.1 Å². The molecule has 0 aliphatic carbocycles. The molecular formula is C20H25FN5O6P. The van der Waals surface area contributed by atoms with Crippen molar-refractivity contribution < 1.29 is 32.0 Å². The van der Waals surface area contributed by atoms with Gasteiger partial charge >= 0.3 is 7.82 Å². The number of phosphoric acid groups is 1. The van der Waals surface area contributed by atoms with Gasteiger partial charge in [0.1, 0.15) is 18.0 Å². The molecule has 0 saturated carbocycles. The molecule has 3 N–H and O–H groups in total. The van der Waals surface area contributed by atoms with Gasteiger partial charge in [-0.2, -0.15) is 0 Å². The van der Waals surface area contributed by atoms with Crippen molar-refractivity contribution >= 4 is 19.5 Å². The fourth-order valence-corrected chi connectivity index (χ4v) is 5.53. The van der Waals surface area contributed by atoms with Crippen LogP contribution in [0.2, 0.25) is 0 Å². The number of anilines is 1. The van der Waals surface area contributed by atoms with Gasteiger partial charge < -0.3 is 14.8 Å². The van der Waals surface area contributed by atoms with Crippen LogP contribution in [-0.2, 0) is 34.2 Å². The van der Waals surface area contributed by atoms with Crippen LogP contribution in [0, 0.1) is 0 Å². The van der Waals surface area contributed by atoms with Crippen LogP contribution in [0.5, 0.6) is 0 Å². The topological polar surface area (TPSA) is 131 Å². The lowest BCUT2D eigenvalue weighted by Gasteiger charge is -2.33. The number of ether oxygens (including phenoxy) is 2. The Balaban J connectivity index is 1.36. The Hall–Kier alpha value is -2.34. The Morgan fingerprint density at radius 1 is 1.39 bits per heavy atom. The van der Waals surface area contributed by atoms with Gasteiger partial charge in [-0.25, -0.2) is 18.9 Å². The van der Waals surface area contributed by atoms with E-state index in [1.807, 2.05) is 37.3 Å². The van der Waals surface area contributed by atoms with Crippen molar-refractivity contribution in [1.82, 2.24) is 9.55 Å². The maximum absolute atomic E-state index is 16.1. The van der Waals surface area contributed by atoms with Gasteiger partial charge in [0.15, 0.2) is 23.9 Å². The molecule has 5 rings (SSSR count). The highest BCUT2D eigenvalue weighted by atomic mass is 31.2. The average molecular weight is 481 g/mol. The molecule has 1 aromatic heterocycles. The predicted molar refractivity (Wildman–Crippen MR) is 115 cm³/mol. The number of hydrogen-bond acceptors (Lipinski definition) is 10. The van der Waals surface area contributed by atoms with Crippen LogP contribution in [0.25, 0.3) is 0 Å². The maximum Gasteiger partial charge on any atom is 0.475 e. The molecule has 11 nitrogen and oxygen atoms in total. The summed E-state index contributed by atoms with van der Waals surface area (Å²) in [5.74, 6) is 0.657. The van der Waals surface area contributed by atoms with Gasteiger partial charge in [-0.15, -0.1) is 0 Å². The normalized spacial score (nSPS) is 35.3. The molecular weight excluding hydrogens is 456 g/mol. The fraction of sp³-hybridized carbons (Fsp3) is 0.500. The smallest absolute Gasteiger partial charge is 0.475 e. The zero-order chi connectivity index (χ0) is 23.2. The first-order valence-electron chi connectivity index (χ1n) is 10.6. The van der Waals surface area contributed by atoms with Crippen LogP contribution in [0.3, 0.4) is 0 Å². The van der Waals surface area contributed by atoms with E-state index in [2.05, 4.69) is 15.3 Å². The van der Waals surface area contributed by atoms with Crippen LogP contribution in [-0.4, -0.2) is 52.8 Å². The Bertz CT molecular complexity index is 1100. The number of rotatable bonds is 5. The first kappa shape index (κ1) is 22.5. The monoisotopic (exact) mass is 481 g/mol. The quantitative estimate of drug-likeness (QED) is 0.619. The second-order valence-corrected chi connectivity index (χ2v) is 9.63.